The molecule has 4 unspecified atom stereocenters. The van der Waals surface area contributed by atoms with Gasteiger partial charge in [-0.05, 0) is 54.6 Å². The first-order chi connectivity index (χ1) is 9.95. The molecule has 0 spiro atoms. The van der Waals surface area contributed by atoms with Crippen molar-refractivity contribution in [2.24, 2.45) is 17.3 Å². The van der Waals surface area contributed by atoms with Gasteiger partial charge in [-0.1, -0.05) is 26.0 Å². The molecule has 3 saturated carbocycles. The Hall–Kier alpha value is -0.995. The number of benzene rings is 1. The molecule has 1 aromatic rings. The van der Waals surface area contributed by atoms with Crippen LogP contribution in [0.4, 0.5) is 0 Å². The molecule has 1 saturated heterocycles. The molecule has 1 aromatic carbocycles. The molecule has 112 valence electrons. The minimum absolute atomic E-state index is 0.136. The molecule has 1 heterocycles. The van der Waals surface area contributed by atoms with Gasteiger partial charge in [0.15, 0.2) is 0 Å². The number of hydrogen-bond acceptors (Lipinski definition) is 3. The second-order valence-electron chi connectivity index (χ2n) is 7.57. The van der Waals surface area contributed by atoms with Crippen LogP contribution in [0.15, 0.2) is 24.3 Å². The fraction of sp³-hybridized carbons (Fsp3) is 0.647. The minimum atomic E-state index is -0.235. The van der Waals surface area contributed by atoms with Gasteiger partial charge in [0.05, 0.1) is 18.8 Å². The van der Waals surface area contributed by atoms with E-state index in [2.05, 4.69) is 20.8 Å². The third-order valence-electron chi connectivity index (χ3n) is 6.34. The molecule has 3 aliphatic carbocycles. The third kappa shape index (κ3) is 1.75. The summed E-state index contributed by atoms with van der Waals surface area (Å²) in [6, 6.07) is 8.02. The van der Waals surface area contributed by atoms with E-state index in [0.29, 0.717) is 11.3 Å². The monoisotopic (exact) mass is 286 g/mol. The molecule has 21 heavy (non-hydrogen) atoms. The zero-order chi connectivity index (χ0) is 14.8. The molecular weight excluding hydrogens is 263 g/mol. The van der Waals surface area contributed by atoms with E-state index < -0.39 is 0 Å². The first-order valence-corrected chi connectivity index (χ1v) is 7.92. The number of hydrogen-bond donors (Lipinski definition) is 0. The predicted molar refractivity (Wildman–Crippen MR) is 82.7 cm³/mol. The fourth-order valence-electron chi connectivity index (χ4n) is 4.77. The van der Waals surface area contributed by atoms with Crippen LogP contribution in [0.25, 0.3) is 0 Å². The first-order valence-electron chi connectivity index (χ1n) is 7.92. The Balaban J connectivity index is 1.59. The van der Waals surface area contributed by atoms with E-state index in [1.165, 1.54) is 6.42 Å². The smallest absolute Gasteiger partial charge is 0.494 e. The molecule has 0 aromatic heterocycles. The summed E-state index contributed by atoms with van der Waals surface area (Å²) in [6.07, 6.45) is 2.66. The van der Waals surface area contributed by atoms with Crippen LogP contribution in [0.2, 0.25) is 0 Å². The molecule has 3 nitrogen and oxygen atoms in total. The topological polar surface area (TPSA) is 27.7 Å². The maximum Gasteiger partial charge on any atom is 0.494 e. The Morgan fingerprint density at radius 2 is 1.86 bits per heavy atom. The molecule has 5 rings (SSSR count). The Morgan fingerprint density at radius 3 is 2.48 bits per heavy atom. The van der Waals surface area contributed by atoms with Gasteiger partial charge in [-0.25, -0.2) is 0 Å². The van der Waals surface area contributed by atoms with E-state index in [0.717, 1.165) is 23.6 Å². The van der Waals surface area contributed by atoms with Crippen molar-refractivity contribution in [1.29, 1.82) is 0 Å². The van der Waals surface area contributed by atoms with Gasteiger partial charge in [-0.3, -0.25) is 0 Å². The van der Waals surface area contributed by atoms with Crippen LogP contribution in [0.3, 0.4) is 0 Å². The van der Waals surface area contributed by atoms with Crippen molar-refractivity contribution in [2.45, 2.75) is 45.3 Å². The van der Waals surface area contributed by atoms with Crippen LogP contribution in [-0.4, -0.2) is 25.9 Å². The van der Waals surface area contributed by atoms with Gasteiger partial charge in [-0.15, -0.1) is 0 Å². The van der Waals surface area contributed by atoms with Crippen LogP contribution in [0, 0.1) is 17.3 Å². The number of ether oxygens (including phenoxy) is 1. The zero-order valence-corrected chi connectivity index (χ0v) is 13.3. The Morgan fingerprint density at radius 1 is 1.14 bits per heavy atom. The standard InChI is InChI=1S/C17H23BO3/c1-16(2)11-9-14(16)17(3)15(10-11)20-18(21-17)12-5-7-13(19-4)8-6-12/h5-8,11,14-15H,9-10H2,1-4H3. The van der Waals surface area contributed by atoms with Crippen LogP contribution < -0.4 is 10.2 Å². The fourth-order valence-corrected chi connectivity index (χ4v) is 4.77. The highest BCUT2D eigenvalue weighted by Crippen LogP contribution is 2.65. The molecule has 0 amide bonds. The Kier molecular flexibility index (Phi) is 2.77. The highest BCUT2D eigenvalue weighted by Gasteiger charge is 2.67. The summed E-state index contributed by atoms with van der Waals surface area (Å²) in [5, 5.41) is 0. The van der Waals surface area contributed by atoms with Crippen LogP contribution >= 0.6 is 0 Å². The molecule has 1 aliphatic heterocycles. The molecule has 4 atom stereocenters. The normalized spacial score (nSPS) is 39.6. The van der Waals surface area contributed by atoms with Crippen molar-refractivity contribution >= 4 is 12.6 Å². The summed E-state index contributed by atoms with van der Waals surface area (Å²) in [5.41, 5.74) is 1.34. The number of rotatable bonds is 2. The summed E-state index contributed by atoms with van der Waals surface area (Å²) >= 11 is 0. The van der Waals surface area contributed by atoms with Crippen molar-refractivity contribution in [3.8, 4) is 5.75 Å². The van der Waals surface area contributed by atoms with Crippen molar-refractivity contribution < 1.29 is 14.0 Å². The lowest BCUT2D eigenvalue weighted by Crippen LogP contribution is -2.65. The molecule has 4 fully saturated rings. The van der Waals surface area contributed by atoms with E-state index in [1.54, 1.807) is 7.11 Å². The molecule has 0 N–H and O–H groups in total. The molecule has 2 bridgehead atoms. The molecule has 0 radical (unpaired) electrons. The largest absolute Gasteiger partial charge is 0.497 e. The van der Waals surface area contributed by atoms with Crippen molar-refractivity contribution in [2.75, 3.05) is 7.11 Å². The maximum absolute atomic E-state index is 6.44. The second-order valence-corrected chi connectivity index (χ2v) is 7.57. The number of methoxy groups -OCH3 is 1. The lowest BCUT2D eigenvalue weighted by Gasteiger charge is -2.64. The predicted octanol–water partition coefficient (Wildman–Crippen LogP) is 2.63. The van der Waals surface area contributed by atoms with Crippen LogP contribution in [0.5, 0.6) is 5.75 Å². The van der Waals surface area contributed by atoms with Crippen LogP contribution in [0.1, 0.15) is 33.6 Å². The lowest BCUT2D eigenvalue weighted by atomic mass is 9.43. The third-order valence-corrected chi connectivity index (χ3v) is 6.34. The highest BCUT2D eigenvalue weighted by molar-refractivity contribution is 6.62. The van der Waals surface area contributed by atoms with Crippen molar-refractivity contribution in [3.05, 3.63) is 24.3 Å². The van der Waals surface area contributed by atoms with Gasteiger partial charge < -0.3 is 14.0 Å². The van der Waals surface area contributed by atoms with E-state index in [9.17, 15) is 0 Å². The van der Waals surface area contributed by atoms with Gasteiger partial charge in [0, 0.05) is 0 Å². The quantitative estimate of drug-likeness (QED) is 0.782. The van der Waals surface area contributed by atoms with E-state index >= 15 is 0 Å². The average Bonchev–Trinajstić information content (AvgIpc) is 2.84. The minimum Gasteiger partial charge on any atom is -0.497 e. The van der Waals surface area contributed by atoms with E-state index in [1.807, 2.05) is 24.3 Å². The summed E-state index contributed by atoms with van der Waals surface area (Å²) in [4.78, 5) is 0. The Labute approximate surface area is 127 Å². The van der Waals surface area contributed by atoms with E-state index in [4.69, 9.17) is 14.0 Å². The van der Waals surface area contributed by atoms with Crippen LogP contribution in [-0.2, 0) is 9.31 Å². The molecule has 4 aliphatic rings. The first kappa shape index (κ1) is 13.7. The molecule has 4 heteroatoms. The van der Waals surface area contributed by atoms with Gasteiger partial charge in [0.1, 0.15) is 5.75 Å². The van der Waals surface area contributed by atoms with Gasteiger partial charge in [-0.2, -0.15) is 0 Å². The Bertz CT molecular complexity index is 556. The highest BCUT2D eigenvalue weighted by atomic mass is 16.7. The van der Waals surface area contributed by atoms with Gasteiger partial charge in [0.25, 0.3) is 0 Å². The summed E-state index contributed by atoms with van der Waals surface area (Å²) < 4.78 is 17.9. The average molecular weight is 286 g/mol. The van der Waals surface area contributed by atoms with Gasteiger partial charge >= 0.3 is 7.12 Å². The van der Waals surface area contributed by atoms with E-state index in [-0.39, 0.29) is 18.8 Å². The van der Waals surface area contributed by atoms with Crippen molar-refractivity contribution in [3.63, 3.8) is 0 Å². The lowest BCUT2D eigenvalue weighted by molar-refractivity contribution is -0.199. The van der Waals surface area contributed by atoms with Gasteiger partial charge in [0.2, 0.25) is 0 Å². The summed E-state index contributed by atoms with van der Waals surface area (Å²) in [5.74, 6) is 2.26. The SMILES string of the molecule is COc1ccc(B2OC3CC4CC(C4(C)C)C3(C)O2)cc1. The zero-order valence-electron chi connectivity index (χ0n) is 13.3. The summed E-state index contributed by atoms with van der Waals surface area (Å²) in [6.45, 7) is 7.03. The second kappa shape index (κ2) is 4.27. The summed E-state index contributed by atoms with van der Waals surface area (Å²) in [7, 11) is 1.45. The maximum atomic E-state index is 6.44. The van der Waals surface area contributed by atoms with Crippen molar-refractivity contribution in [1.82, 2.24) is 0 Å². The molecular formula is C17H23BO3.